The van der Waals surface area contributed by atoms with Crippen LogP contribution in [0.3, 0.4) is 0 Å². The summed E-state index contributed by atoms with van der Waals surface area (Å²) in [6, 6.07) is 13.4. The van der Waals surface area contributed by atoms with Crippen molar-refractivity contribution >= 4 is 17.9 Å². The number of nitrogens with zero attached hydrogens (tertiary/aromatic N) is 3. The van der Waals surface area contributed by atoms with Gasteiger partial charge in [-0.25, -0.2) is 9.59 Å². The molecule has 0 saturated carbocycles. The third-order valence-corrected chi connectivity index (χ3v) is 6.87. The summed E-state index contributed by atoms with van der Waals surface area (Å²) in [6.07, 6.45) is 0. The van der Waals surface area contributed by atoms with Crippen molar-refractivity contribution in [1.82, 2.24) is 20.0 Å². The maximum absolute atomic E-state index is 13.3. The zero-order valence-electron chi connectivity index (χ0n) is 22.2. The van der Waals surface area contributed by atoms with Crippen LogP contribution in [-0.2, 0) is 9.53 Å². The van der Waals surface area contributed by atoms with Gasteiger partial charge >= 0.3 is 12.0 Å². The van der Waals surface area contributed by atoms with E-state index in [0.717, 1.165) is 0 Å². The molecule has 0 radical (unpaired) electrons. The van der Waals surface area contributed by atoms with Gasteiger partial charge in [0.1, 0.15) is 0 Å². The second-order valence-corrected chi connectivity index (χ2v) is 9.04. The van der Waals surface area contributed by atoms with Crippen LogP contribution < -0.4 is 14.8 Å². The molecule has 1 N–H and O–H groups in total. The molecule has 0 aliphatic carbocycles. The number of urea groups is 1. The lowest BCUT2D eigenvalue weighted by molar-refractivity contribution is -0.139. The summed E-state index contributed by atoms with van der Waals surface area (Å²) >= 11 is 0. The lowest BCUT2D eigenvalue weighted by Gasteiger charge is -2.39. The molecule has 2 aromatic carbocycles. The molecular formula is C28H34N4O6. The van der Waals surface area contributed by atoms with E-state index in [-0.39, 0.29) is 18.5 Å². The van der Waals surface area contributed by atoms with E-state index in [2.05, 4.69) is 10.2 Å². The number of methoxy groups -OCH3 is 2. The highest BCUT2D eigenvalue weighted by molar-refractivity contribution is 5.96. The van der Waals surface area contributed by atoms with E-state index in [1.165, 1.54) is 19.1 Å². The predicted molar refractivity (Wildman–Crippen MR) is 141 cm³/mol. The molecule has 202 valence electrons. The largest absolute Gasteiger partial charge is 0.493 e. The SMILES string of the molecule is CCOC(=O)C1=C(CN2CCN(C(=O)c3ccccc3)CC2)N(C)C(=O)N[C@H]1c1cccc(OC)c1OC. The maximum Gasteiger partial charge on any atom is 0.338 e. The molecule has 0 aromatic heterocycles. The number of hydrogen-bond donors (Lipinski definition) is 1. The first-order chi connectivity index (χ1) is 18.4. The summed E-state index contributed by atoms with van der Waals surface area (Å²) in [5.74, 6) is 0.402. The molecule has 2 heterocycles. The highest BCUT2D eigenvalue weighted by Gasteiger charge is 2.39. The van der Waals surface area contributed by atoms with Crippen LogP contribution in [-0.4, -0.2) is 93.2 Å². The second kappa shape index (κ2) is 12.0. The zero-order chi connectivity index (χ0) is 27.2. The van der Waals surface area contributed by atoms with Gasteiger partial charge in [0.2, 0.25) is 0 Å². The number of nitrogens with one attached hydrogen (secondary N) is 1. The molecule has 0 bridgehead atoms. The minimum absolute atomic E-state index is 0.00368. The third-order valence-electron chi connectivity index (χ3n) is 6.87. The molecule has 0 unspecified atom stereocenters. The standard InChI is InChI=1S/C28H34N4O6/c1-5-38-27(34)23-21(18-31-14-16-32(17-15-31)26(33)19-10-7-6-8-11-19)30(2)28(35)29-24(23)20-12-9-13-22(36-3)25(20)37-4/h6-13,24H,5,14-18H2,1-4H3,(H,29,35)/t24-/m0/s1. The van der Waals surface area contributed by atoms with Gasteiger partial charge < -0.3 is 24.4 Å². The summed E-state index contributed by atoms with van der Waals surface area (Å²) in [5, 5.41) is 2.93. The minimum Gasteiger partial charge on any atom is -0.493 e. The van der Waals surface area contributed by atoms with Crippen LogP contribution >= 0.6 is 0 Å². The molecule has 10 nitrogen and oxygen atoms in total. The number of esters is 1. The van der Waals surface area contributed by atoms with Gasteiger partial charge in [-0.05, 0) is 25.1 Å². The van der Waals surface area contributed by atoms with E-state index in [1.54, 1.807) is 32.2 Å². The fraction of sp³-hybridized carbons (Fsp3) is 0.393. The van der Waals surface area contributed by atoms with Crippen molar-refractivity contribution in [3.05, 3.63) is 70.9 Å². The smallest absolute Gasteiger partial charge is 0.338 e. The highest BCUT2D eigenvalue weighted by atomic mass is 16.5. The van der Waals surface area contributed by atoms with Crippen molar-refractivity contribution in [3.8, 4) is 11.5 Å². The maximum atomic E-state index is 13.3. The number of benzene rings is 2. The Hall–Kier alpha value is -4.05. The first-order valence-electron chi connectivity index (χ1n) is 12.6. The van der Waals surface area contributed by atoms with Crippen molar-refractivity contribution in [2.24, 2.45) is 0 Å². The van der Waals surface area contributed by atoms with Crippen LogP contribution in [0.2, 0.25) is 0 Å². The Balaban J connectivity index is 1.63. The molecular weight excluding hydrogens is 488 g/mol. The topological polar surface area (TPSA) is 101 Å². The number of likely N-dealkylation sites (N-methyl/N-ethyl adjacent to an activating group) is 1. The number of para-hydroxylation sites is 1. The number of carbonyl (C=O) groups is 3. The molecule has 2 aromatic rings. The van der Waals surface area contributed by atoms with Crippen LogP contribution in [0.1, 0.15) is 28.9 Å². The molecule has 1 atom stereocenters. The molecule has 1 fully saturated rings. The van der Waals surface area contributed by atoms with Gasteiger partial charge in [0.15, 0.2) is 11.5 Å². The van der Waals surface area contributed by atoms with E-state index in [1.807, 2.05) is 35.2 Å². The van der Waals surface area contributed by atoms with Gasteiger partial charge in [-0.15, -0.1) is 0 Å². The van der Waals surface area contributed by atoms with Gasteiger partial charge in [0.05, 0.1) is 32.4 Å². The fourth-order valence-electron chi connectivity index (χ4n) is 4.85. The Morgan fingerprint density at radius 2 is 1.68 bits per heavy atom. The first kappa shape index (κ1) is 27.0. The van der Waals surface area contributed by atoms with Gasteiger partial charge in [0, 0.05) is 56.6 Å². The van der Waals surface area contributed by atoms with Crippen LogP contribution in [0.4, 0.5) is 4.79 Å². The van der Waals surface area contributed by atoms with Crippen molar-refractivity contribution < 1.29 is 28.6 Å². The second-order valence-electron chi connectivity index (χ2n) is 9.04. The Morgan fingerprint density at radius 3 is 2.32 bits per heavy atom. The monoisotopic (exact) mass is 522 g/mol. The van der Waals surface area contributed by atoms with Crippen LogP contribution in [0.25, 0.3) is 0 Å². The lowest BCUT2D eigenvalue weighted by Crippen LogP contribution is -2.53. The molecule has 4 rings (SSSR count). The lowest BCUT2D eigenvalue weighted by atomic mass is 9.93. The van der Waals surface area contributed by atoms with Crippen LogP contribution in [0.5, 0.6) is 11.5 Å². The molecule has 1 saturated heterocycles. The average Bonchev–Trinajstić information content (AvgIpc) is 2.95. The molecule has 38 heavy (non-hydrogen) atoms. The van der Waals surface area contributed by atoms with Crippen molar-refractivity contribution in [2.75, 3.05) is 60.6 Å². The number of amides is 3. The summed E-state index contributed by atoms with van der Waals surface area (Å²) in [6.45, 7) is 4.55. The Morgan fingerprint density at radius 1 is 0.974 bits per heavy atom. The number of rotatable bonds is 8. The average molecular weight is 523 g/mol. The van der Waals surface area contributed by atoms with E-state index in [4.69, 9.17) is 14.2 Å². The van der Waals surface area contributed by atoms with Gasteiger partial charge in [-0.3, -0.25) is 14.6 Å². The van der Waals surface area contributed by atoms with Crippen molar-refractivity contribution in [3.63, 3.8) is 0 Å². The molecule has 2 aliphatic rings. The molecule has 10 heteroatoms. The van der Waals surface area contributed by atoms with Gasteiger partial charge in [-0.1, -0.05) is 30.3 Å². The van der Waals surface area contributed by atoms with E-state index in [9.17, 15) is 14.4 Å². The van der Waals surface area contributed by atoms with Crippen LogP contribution in [0.15, 0.2) is 59.8 Å². The van der Waals surface area contributed by atoms with Crippen molar-refractivity contribution in [2.45, 2.75) is 13.0 Å². The summed E-state index contributed by atoms with van der Waals surface area (Å²) in [5.41, 5.74) is 2.13. The van der Waals surface area contributed by atoms with E-state index < -0.39 is 12.0 Å². The summed E-state index contributed by atoms with van der Waals surface area (Å²) in [4.78, 5) is 44.7. The predicted octanol–water partition coefficient (Wildman–Crippen LogP) is 2.68. The Labute approximate surface area is 222 Å². The minimum atomic E-state index is -0.793. The summed E-state index contributed by atoms with van der Waals surface area (Å²) < 4.78 is 16.5. The number of carbonyl (C=O) groups excluding carboxylic acids is 3. The fourth-order valence-corrected chi connectivity index (χ4v) is 4.85. The Kier molecular flexibility index (Phi) is 8.52. The summed E-state index contributed by atoms with van der Waals surface area (Å²) in [7, 11) is 4.69. The highest BCUT2D eigenvalue weighted by Crippen LogP contribution is 2.40. The van der Waals surface area contributed by atoms with Crippen molar-refractivity contribution in [1.29, 1.82) is 0 Å². The molecule has 2 aliphatic heterocycles. The van der Waals surface area contributed by atoms with Gasteiger partial charge in [0.25, 0.3) is 5.91 Å². The van der Waals surface area contributed by atoms with Crippen LogP contribution in [0, 0.1) is 0 Å². The zero-order valence-corrected chi connectivity index (χ0v) is 22.2. The first-order valence-corrected chi connectivity index (χ1v) is 12.6. The Bertz CT molecular complexity index is 1210. The number of piperazine rings is 1. The number of hydrogen-bond acceptors (Lipinski definition) is 7. The molecule has 0 spiro atoms. The molecule has 3 amide bonds. The normalized spacial score (nSPS) is 18.2. The van der Waals surface area contributed by atoms with Gasteiger partial charge in [-0.2, -0.15) is 0 Å². The number of ether oxygens (including phenoxy) is 3. The quantitative estimate of drug-likeness (QED) is 0.532. The van der Waals surface area contributed by atoms with E-state index in [0.29, 0.717) is 66.6 Å². The van der Waals surface area contributed by atoms with E-state index >= 15 is 0 Å². The third kappa shape index (κ3) is 5.45.